The third-order valence-corrected chi connectivity index (χ3v) is 4.87. The molecule has 2 aromatic carbocycles. The number of halogens is 1. The summed E-state index contributed by atoms with van der Waals surface area (Å²) >= 11 is 3.62. The molecule has 0 bridgehead atoms. The summed E-state index contributed by atoms with van der Waals surface area (Å²) in [6.07, 6.45) is 0. The van der Waals surface area contributed by atoms with Crippen LogP contribution in [0.5, 0.6) is 5.75 Å². The molecule has 1 saturated heterocycles. The molecular formula is C21H25BrN2O3. The Bertz CT molecular complexity index is 789. The van der Waals surface area contributed by atoms with E-state index in [-0.39, 0.29) is 5.91 Å². The Labute approximate surface area is 168 Å². The standard InChI is InChI=1S/C21H25BrN2O3/c1-15(2)14-27-18-5-3-4-16(12-18)21(25)23-17-6-7-20(19(22)13-17)24-8-10-26-11-9-24/h3-7,12-13,15H,8-11,14H2,1-2H3,(H,23,25). The molecule has 0 aromatic heterocycles. The lowest BCUT2D eigenvalue weighted by atomic mass is 10.2. The minimum Gasteiger partial charge on any atom is -0.493 e. The summed E-state index contributed by atoms with van der Waals surface area (Å²) in [5.74, 6) is 0.987. The SMILES string of the molecule is CC(C)COc1cccc(C(=O)Nc2ccc(N3CCOCC3)c(Br)c2)c1. The van der Waals surface area contributed by atoms with Gasteiger partial charge in [0.2, 0.25) is 0 Å². The molecule has 1 amide bonds. The van der Waals surface area contributed by atoms with Gasteiger partial charge in [-0.15, -0.1) is 0 Å². The van der Waals surface area contributed by atoms with E-state index in [9.17, 15) is 4.79 Å². The second kappa shape index (κ2) is 9.24. The van der Waals surface area contributed by atoms with Gasteiger partial charge in [0.15, 0.2) is 0 Å². The Hall–Kier alpha value is -2.05. The van der Waals surface area contributed by atoms with E-state index in [1.54, 1.807) is 12.1 Å². The molecule has 0 spiro atoms. The van der Waals surface area contributed by atoms with Crippen LogP contribution in [0, 0.1) is 5.92 Å². The van der Waals surface area contributed by atoms with Gasteiger partial charge >= 0.3 is 0 Å². The normalized spacial score (nSPS) is 14.3. The van der Waals surface area contributed by atoms with Crippen molar-refractivity contribution in [2.75, 3.05) is 43.1 Å². The van der Waals surface area contributed by atoms with Crippen LogP contribution >= 0.6 is 15.9 Å². The average Bonchev–Trinajstić information content (AvgIpc) is 2.67. The highest BCUT2D eigenvalue weighted by Gasteiger charge is 2.15. The molecule has 0 unspecified atom stereocenters. The molecule has 1 aliphatic heterocycles. The van der Waals surface area contributed by atoms with Gasteiger partial charge in [-0.1, -0.05) is 19.9 Å². The van der Waals surface area contributed by atoms with Crippen molar-refractivity contribution < 1.29 is 14.3 Å². The first kappa shape index (κ1) is 19.7. The van der Waals surface area contributed by atoms with E-state index in [1.807, 2.05) is 30.3 Å². The van der Waals surface area contributed by atoms with Crippen molar-refractivity contribution >= 4 is 33.2 Å². The first-order valence-corrected chi connectivity index (χ1v) is 9.98. The Kier molecular flexibility index (Phi) is 6.74. The van der Waals surface area contributed by atoms with E-state index in [0.717, 1.165) is 42.2 Å². The van der Waals surface area contributed by atoms with Gasteiger partial charge < -0.3 is 19.7 Å². The van der Waals surface area contributed by atoms with Crippen molar-refractivity contribution in [1.29, 1.82) is 0 Å². The molecule has 144 valence electrons. The van der Waals surface area contributed by atoms with E-state index in [0.29, 0.717) is 23.8 Å². The van der Waals surface area contributed by atoms with E-state index in [4.69, 9.17) is 9.47 Å². The molecular weight excluding hydrogens is 408 g/mol. The van der Waals surface area contributed by atoms with Crippen LogP contribution in [-0.4, -0.2) is 38.8 Å². The second-order valence-corrected chi connectivity index (χ2v) is 7.81. The van der Waals surface area contributed by atoms with Gasteiger partial charge in [-0.2, -0.15) is 0 Å². The molecule has 27 heavy (non-hydrogen) atoms. The third kappa shape index (κ3) is 5.47. The van der Waals surface area contributed by atoms with Crippen molar-refractivity contribution in [3.63, 3.8) is 0 Å². The number of amides is 1. The van der Waals surface area contributed by atoms with Crippen LogP contribution in [0.25, 0.3) is 0 Å². The van der Waals surface area contributed by atoms with Crippen LogP contribution in [0.2, 0.25) is 0 Å². The van der Waals surface area contributed by atoms with Crippen molar-refractivity contribution in [3.8, 4) is 5.75 Å². The number of hydrogen-bond donors (Lipinski definition) is 1. The number of carbonyl (C=O) groups is 1. The number of morpholine rings is 1. The molecule has 0 aliphatic carbocycles. The quantitative estimate of drug-likeness (QED) is 0.725. The molecule has 5 nitrogen and oxygen atoms in total. The highest BCUT2D eigenvalue weighted by Crippen LogP contribution is 2.30. The lowest BCUT2D eigenvalue weighted by molar-refractivity contribution is 0.102. The monoisotopic (exact) mass is 432 g/mol. The second-order valence-electron chi connectivity index (χ2n) is 6.95. The summed E-state index contributed by atoms with van der Waals surface area (Å²) in [5.41, 5.74) is 2.43. The highest BCUT2D eigenvalue weighted by molar-refractivity contribution is 9.10. The summed E-state index contributed by atoms with van der Waals surface area (Å²) in [5, 5.41) is 2.95. The number of rotatable bonds is 6. The van der Waals surface area contributed by atoms with E-state index < -0.39 is 0 Å². The Morgan fingerprint density at radius 1 is 1.22 bits per heavy atom. The molecule has 2 aromatic rings. The maximum absolute atomic E-state index is 12.6. The molecule has 3 rings (SSSR count). The molecule has 1 aliphatic rings. The Morgan fingerprint density at radius 3 is 2.70 bits per heavy atom. The van der Waals surface area contributed by atoms with Crippen molar-refractivity contribution in [1.82, 2.24) is 0 Å². The fourth-order valence-corrected chi connectivity index (χ4v) is 3.47. The topological polar surface area (TPSA) is 50.8 Å². The summed E-state index contributed by atoms with van der Waals surface area (Å²) in [6.45, 7) is 8.02. The van der Waals surface area contributed by atoms with Crippen LogP contribution < -0.4 is 15.0 Å². The van der Waals surface area contributed by atoms with Gasteiger partial charge in [-0.25, -0.2) is 0 Å². The van der Waals surface area contributed by atoms with Crippen molar-refractivity contribution in [2.45, 2.75) is 13.8 Å². The Balaban J connectivity index is 1.67. The van der Waals surface area contributed by atoms with Gasteiger partial charge in [0.05, 0.1) is 25.5 Å². The number of nitrogens with zero attached hydrogens (tertiary/aromatic N) is 1. The lowest BCUT2D eigenvalue weighted by Gasteiger charge is -2.29. The predicted octanol–water partition coefficient (Wildman–Crippen LogP) is 4.57. The van der Waals surface area contributed by atoms with Gasteiger partial charge in [0.1, 0.15) is 5.75 Å². The number of ether oxygens (including phenoxy) is 2. The first-order chi connectivity index (χ1) is 13.0. The third-order valence-electron chi connectivity index (χ3n) is 4.24. The van der Waals surface area contributed by atoms with Gasteiger partial charge in [-0.3, -0.25) is 4.79 Å². The van der Waals surface area contributed by atoms with Crippen molar-refractivity contribution in [2.24, 2.45) is 5.92 Å². The maximum Gasteiger partial charge on any atom is 0.255 e. The molecule has 1 heterocycles. The molecule has 0 atom stereocenters. The Morgan fingerprint density at radius 2 is 2.00 bits per heavy atom. The smallest absolute Gasteiger partial charge is 0.255 e. The van der Waals surface area contributed by atoms with Crippen LogP contribution in [0.3, 0.4) is 0 Å². The van der Waals surface area contributed by atoms with E-state index in [2.05, 4.69) is 40.0 Å². The van der Waals surface area contributed by atoms with E-state index in [1.165, 1.54) is 0 Å². The minimum absolute atomic E-state index is 0.156. The zero-order valence-electron chi connectivity index (χ0n) is 15.7. The first-order valence-electron chi connectivity index (χ1n) is 9.19. The van der Waals surface area contributed by atoms with Crippen LogP contribution in [0.4, 0.5) is 11.4 Å². The summed E-state index contributed by atoms with van der Waals surface area (Å²) in [7, 11) is 0. The number of anilines is 2. The summed E-state index contributed by atoms with van der Waals surface area (Å²) in [4.78, 5) is 14.9. The molecule has 6 heteroatoms. The highest BCUT2D eigenvalue weighted by atomic mass is 79.9. The van der Waals surface area contributed by atoms with Crippen LogP contribution in [0.15, 0.2) is 46.9 Å². The average molecular weight is 433 g/mol. The minimum atomic E-state index is -0.156. The molecule has 0 saturated carbocycles. The van der Waals surface area contributed by atoms with Gasteiger partial charge in [0.25, 0.3) is 5.91 Å². The fourth-order valence-electron chi connectivity index (χ4n) is 2.84. The van der Waals surface area contributed by atoms with Crippen LogP contribution in [-0.2, 0) is 4.74 Å². The molecule has 1 N–H and O–H groups in total. The van der Waals surface area contributed by atoms with Crippen LogP contribution in [0.1, 0.15) is 24.2 Å². The number of hydrogen-bond acceptors (Lipinski definition) is 4. The predicted molar refractivity (Wildman–Crippen MR) is 112 cm³/mol. The summed E-state index contributed by atoms with van der Waals surface area (Å²) in [6, 6.07) is 13.1. The maximum atomic E-state index is 12.6. The largest absolute Gasteiger partial charge is 0.493 e. The van der Waals surface area contributed by atoms with E-state index >= 15 is 0 Å². The van der Waals surface area contributed by atoms with Gasteiger partial charge in [-0.05, 0) is 58.2 Å². The zero-order chi connectivity index (χ0) is 19.2. The number of nitrogens with one attached hydrogen (secondary N) is 1. The lowest BCUT2D eigenvalue weighted by Crippen LogP contribution is -2.36. The molecule has 1 fully saturated rings. The number of carbonyl (C=O) groups excluding carboxylic acids is 1. The number of benzene rings is 2. The summed E-state index contributed by atoms with van der Waals surface area (Å²) < 4.78 is 12.1. The zero-order valence-corrected chi connectivity index (χ0v) is 17.3. The van der Waals surface area contributed by atoms with Gasteiger partial charge in [0, 0.05) is 28.8 Å². The van der Waals surface area contributed by atoms with Crippen molar-refractivity contribution in [3.05, 3.63) is 52.5 Å². The fraction of sp³-hybridized carbons (Fsp3) is 0.381. The molecule has 0 radical (unpaired) electrons.